The summed E-state index contributed by atoms with van der Waals surface area (Å²) in [6, 6.07) is 1.59. The molecule has 0 fully saturated rings. The Morgan fingerprint density at radius 2 is 2.10 bits per heavy atom. The number of hydrogen-bond donors (Lipinski definition) is 0. The number of Topliss-reactive ketones (excluding diaryl/α,β-unsaturated/α-hetero) is 1. The first kappa shape index (κ1) is 15.3. The number of hydrogen-bond acceptors (Lipinski definition) is 4. The van der Waals surface area contributed by atoms with Crippen LogP contribution in [0.3, 0.4) is 0 Å². The van der Waals surface area contributed by atoms with Crippen molar-refractivity contribution in [3.8, 4) is 5.75 Å². The molecule has 0 bridgehead atoms. The van der Waals surface area contributed by atoms with Gasteiger partial charge >= 0.3 is 0 Å². The van der Waals surface area contributed by atoms with Crippen LogP contribution in [0.4, 0.5) is 0 Å². The molecule has 0 aliphatic rings. The topological polar surface area (TPSA) is 39.2 Å². The molecular weight excluding hydrogens is 317 g/mol. The van der Waals surface area contributed by atoms with Crippen molar-refractivity contribution in [1.82, 2.24) is 4.98 Å². The van der Waals surface area contributed by atoms with Crippen LogP contribution in [0.25, 0.3) is 0 Å². The van der Waals surface area contributed by atoms with Crippen molar-refractivity contribution in [3.63, 3.8) is 0 Å². The van der Waals surface area contributed by atoms with Crippen molar-refractivity contribution in [2.24, 2.45) is 0 Å². The Kier molecular flexibility index (Phi) is 4.68. The minimum absolute atomic E-state index is 0.0975. The summed E-state index contributed by atoms with van der Waals surface area (Å²) in [4.78, 5) is 16.6. The van der Waals surface area contributed by atoms with Crippen LogP contribution in [-0.2, 0) is 6.42 Å². The van der Waals surface area contributed by atoms with E-state index < -0.39 is 0 Å². The van der Waals surface area contributed by atoms with Gasteiger partial charge < -0.3 is 4.74 Å². The van der Waals surface area contributed by atoms with Crippen LogP contribution < -0.4 is 4.74 Å². The molecule has 2 aromatic heterocycles. The Labute approximate surface area is 131 Å². The average Bonchev–Trinajstić information content (AvgIpc) is 2.73. The summed E-state index contributed by atoms with van der Waals surface area (Å²) in [7, 11) is 1.61. The first-order chi connectivity index (χ1) is 9.43. The number of aryl methyl sites for hydroxylation is 1. The van der Waals surface area contributed by atoms with Gasteiger partial charge in [-0.25, -0.2) is 0 Å². The van der Waals surface area contributed by atoms with E-state index >= 15 is 0 Å². The van der Waals surface area contributed by atoms with Gasteiger partial charge in [0.15, 0.2) is 5.78 Å². The number of rotatable bonds is 4. The highest BCUT2D eigenvalue weighted by Crippen LogP contribution is 2.32. The first-order valence-corrected chi connectivity index (χ1v) is 7.48. The van der Waals surface area contributed by atoms with E-state index in [0.717, 1.165) is 16.9 Å². The summed E-state index contributed by atoms with van der Waals surface area (Å²) in [6.07, 6.45) is 1.88. The van der Waals surface area contributed by atoms with Gasteiger partial charge in [-0.15, -0.1) is 11.3 Å². The van der Waals surface area contributed by atoms with E-state index in [-0.39, 0.29) is 12.2 Å². The van der Waals surface area contributed by atoms with Crippen LogP contribution in [0.5, 0.6) is 5.75 Å². The molecule has 2 rings (SSSR count). The Morgan fingerprint density at radius 1 is 1.40 bits per heavy atom. The van der Waals surface area contributed by atoms with Crippen LogP contribution in [0.2, 0.25) is 8.67 Å². The van der Waals surface area contributed by atoms with E-state index in [9.17, 15) is 4.79 Å². The van der Waals surface area contributed by atoms with Gasteiger partial charge in [-0.05, 0) is 19.9 Å². The van der Waals surface area contributed by atoms with Crippen LogP contribution in [-0.4, -0.2) is 17.9 Å². The van der Waals surface area contributed by atoms with Gasteiger partial charge in [0, 0.05) is 22.9 Å². The number of methoxy groups -OCH3 is 1. The van der Waals surface area contributed by atoms with Crippen molar-refractivity contribution >= 4 is 40.3 Å². The molecule has 2 heterocycles. The zero-order chi connectivity index (χ0) is 14.9. The molecule has 6 heteroatoms. The predicted molar refractivity (Wildman–Crippen MR) is 82.6 cm³/mol. The number of nitrogens with zero attached hydrogens (tertiary/aromatic N) is 1. The number of ether oxygens (including phenoxy) is 1. The van der Waals surface area contributed by atoms with E-state index in [2.05, 4.69) is 4.98 Å². The number of carbonyl (C=O) groups is 1. The van der Waals surface area contributed by atoms with Gasteiger partial charge in [0.2, 0.25) is 0 Å². The highest BCUT2D eigenvalue weighted by molar-refractivity contribution is 7.20. The molecule has 0 aromatic carbocycles. The highest BCUT2D eigenvalue weighted by atomic mass is 35.5. The summed E-state index contributed by atoms with van der Waals surface area (Å²) < 4.78 is 6.25. The second-order valence-electron chi connectivity index (χ2n) is 4.38. The standard InChI is InChI=1S/C14H13Cl2NO2S/c1-7-6-17-10(8(2)13(7)19-3)5-11(18)9-4-12(15)20-14(9)16/h4,6H,5H2,1-3H3. The molecule has 0 unspecified atom stereocenters. The van der Waals surface area contributed by atoms with Crippen molar-refractivity contribution in [3.05, 3.63) is 43.3 Å². The van der Waals surface area contributed by atoms with Gasteiger partial charge in [0.05, 0.1) is 23.6 Å². The first-order valence-electron chi connectivity index (χ1n) is 5.91. The molecule has 0 radical (unpaired) electrons. The fourth-order valence-corrected chi connectivity index (χ4v) is 3.53. The van der Waals surface area contributed by atoms with Crippen LogP contribution in [0.15, 0.2) is 12.3 Å². The average molecular weight is 330 g/mol. The lowest BCUT2D eigenvalue weighted by Gasteiger charge is -2.11. The highest BCUT2D eigenvalue weighted by Gasteiger charge is 2.18. The molecule has 0 saturated heterocycles. The predicted octanol–water partition coefficient (Wildman–Crippen LogP) is 4.50. The van der Waals surface area contributed by atoms with Crippen LogP contribution in [0.1, 0.15) is 27.2 Å². The van der Waals surface area contributed by atoms with E-state index in [4.69, 9.17) is 27.9 Å². The third-order valence-electron chi connectivity index (χ3n) is 3.03. The third-order valence-corrected chi connectivity index (χ3v) is 4.52. The third kappa shape index (κ3) is 2.97. The zero-order valence-corrected chi connectivity index (χ0v) is 13.6. The molecule has 0 aliphatic carbocycles. The molecule has 0 atom stereocenters. The number of halogens is 2. The monoisotopic (exact) mass is 329 g/mol. The smallest absolute Gasteiger partial charge is 0.171 e. The summed E-state index contributed by atoms with van der Waals surface area (Å²) in [5.74, 6) is 0.664. The largest absolute Gasteiger partial charge is 0.496 e. The van der Waals surface area contributed by atoms with Gasteiger partial charge in [-0.1, -0.05) is 23.2 Å². The summed E-state index contributed by atoms with van der Waals surface area (Å²) in [5.41, 5.74) is 2.95. The van der Waals surface area contributed by atoms with Crippen LogP contribution >= 0.6 is 34.5 Å². The van der Waals surface area contributed by atoms with Crippen molar-refractivity contribution in [1.29, 1.82) is 0 Å². The molecule has 3 nitrogen and oxygen atoms in total. The van der Waals surface area contributed by atoms with Crippen molar-refractivity contribution in [2.75, 3.05) is 7.11 Å². The summed E-state index contributed by atoms with van der Waals surface area (Å²) in [5, 5.41) is 0. The normalized spacial score (nSPS) is 10.7. The van der Waals surface area contributed by atoms with E-state index in [1.165, 1.54) is 11.3 Å². The molecule has 106 valence electrons. The molecule has 2 aromatic rings. The lowest BCUT2D eigenvalue weighted by Crippen LogP contribution is -2.08. The minimum Gasteiger partial charge on any atom is -0.496 e. The van der Waals surface area contributed by atoms with Gasteiger partial charge in [0.25, 0.3) is 0 Å². The molecule has 20 heavy (non-hydrogen) atoms. The SMILES string of the molecule is COc1c(C)cnc(CC(=O)c2cc(Cl)sc2Cl)c1C. The molecule has 0 aliphatic heterocycles. The summed E-state index contributed by atoms with van der Waals surface area (Å²) >= 11 is 13.0. The van der Waals surface area contributed by atoms with E-state index in [0.29, 0.717) is 19.9 Å². The maximum atomic E-state index is 12.3. The number of carbonyl (C=O) groups excluding carboxylic acids is 1. The molecule has 0 spiro atoms. The zero-order valence-electron chi connectivity index (χ0n) is 11.3. The van der Waals surface area contributed by atoms with Gasteiger partial charge in [-0.2, -0.15) is 0 Å². The maximum absolute atomic E-state index is 12.3. The van der Waals surface area contributed by atoms with E-state index in [1.807, 2.05) is 13.8 Å². The quantitative estimate of drug-likeness (QED) is 0.775. The second-order valence-corrected chi connectivity index (χ2v) is 6.67. The van der Waals surface area contributed by atoms with Crippen LogP contribution in [0, 0.1) is 13.8 Å². The van der Waals surface area contributed by atoms with E-state index in [1.54, 1.807) is 19.4 Å². The molecule has 0 amide bonds. The Hall–Kier alpha value is -1.10. The van der Waals surface area contributed by atoms with Gasteiger partial charge in [0.1, 0.15) is 10.1 Å². The number of aromatic nitrogens is 1. The Bertz CT molecular complexity index is 667. The lowest BCUT2D eigenvalue weighted by atomic mass is 10.0. The molecular formula is C14H13Cl2NO2S. The minimum atomic E-state index is -0.0975. The van der Waals surface area contributed by atoms with Gasteiger partial charge in [-0.3, -0.25) is 9.78 Å². The summed E-state index contributed by atoms with van der Waals surface area (Å²) in [6.45, 7) is 3.81. The fraction of sp³-hybridized carbons (Fsp3) is 0.286. The lowest BCUT2D eigenvalue weighted by molar-refractivity contribution is 0.0992. The molecule has 0 N–H and O–H groups in total. The maximum Gasteiger partial charge on any atom is 0.171 e. The number of thiophene rings is 1. The Morgan fingerprint density at radius 3 is 2.65 bits per heavy atom. The van der Waals surface area contributed by atoms with Crippen molar-refractivity contribution in [2.45, 2.75) is 20.3 Å². The number of pyridine rings is 1. The van der Waals surface area contributed by atoms with Crippen molar-refractivity contribution < 1.29 is 9.53 Å². The second kappa shape index (κ2) is 6.12. The Balaban J connectivity index is 2.31. The number of ketones is 1. The molecule has 0 saturated carbocycles. The fourth-order valence-electron chi connectivity index (χ4n) is 2.03.